The summed E-state index contributed by atoms with van der Waals surface area (Å²) in [5, 5.41) is 0. The fourth-order valence-electron chi connectivity index (χ4n) is 2.84. The molecule has 0 spiro atoms. The molecule has 0 saturated heterocycles. The molecule has 0 N–H and O–H groups in total. The van der Waals surface area contributed by atoms with Crippen LogP contribution in [0.1, 0.15) is 67.2 Å². The van der Waals surface area contributed by atoms with Crippen molar-refractivity contribution < 1.29 is 0 Å². The van der Waals surface area contributed by atoms with Gasteiger partial charge in [0.1, 0.15) is 0 Å². The Morgan fingerprint density at radius 2 is 1.00 bits per heavy atom. The van der Waals surface area contributed by atoms with Crippen LogP contribution in [0.15, 0.2) is 0 Å². The quantitative estimate of drug-likeness (QED) is 0.577. The SMILES string of the molecule is CC.CC(C)C1CCCCC1C(C)C. The van der Waals surface area contributed by atoms with Gasteiger partial charge >= 0.3 is 0 Å². The summed E-state index contributed by atoms with van der Waals surface area (Å²) in [6.45, 7) is 13.6. The fraction of sp³-hybridized carbons (Fsp3) is 1.00. The van der Waals surface area contributed by atoms with Crippen LogP contribution in [0.25, 0.3) is 0 Å². The molecule has 0 aromatic carbocycles. The molecule has 1 aliphatic rings. The lowest BCUT2D eigenvalue weighted by atomic mass is 9.69. The zero-order valence-electron chi connectivity index (χ0n) is 11.1. The van der Waals surface area contributed by atoms with E-state index in [1.54, 1.807) is 0 Å². The second kappa shape index (κ2) is 7.31. The monoisotopic (exact) mass is 198 g/mol. The van der Waals surface area contributed by atoms with Gasteiger partial charge in [-0.15, -0.1) is 0 Å². The lowest BCUT2D eigenvalue weighted by molar-refractivity contribution is 0.136. The van der Waals surface area contributed by atoms with Crippen molar-refractivity contribution in [3.05, 3.63) is 0 Å². The largest absolute Gasteiger partial charge is 0.0683 e. The summed E-state index contributed by atoms with van der Waals surface area (Å²) in [4.78, 5) is 0. The maximum Gasteiger partial charge on any atom is -0.0360 e. The summed E-state index contributed by atoms with van der Waals surface area (Å²) in [5.74, 6) is 3.83. The molecule has 0 bridgehead atoms. The average molecular weight is 198 g/mol. The molecule has 14 heavy (non-hydrogen) atoms. The molecule has 0 aliphatic heterocycles. The molecule has 0 radical (unpaired) electrons. The number of hydrogen-bond acceptors (Lipinski definition) is 0. The van der Waals surface area contributed by atoms with Crippen LogP contribution in [-0.4, -0.2) is 0 Å². The molecule has 2 unspecified atom stereocenters. The van der Waals surface area contributed by atoms with Gasteiger partial charge in [-0.25, -0.2) is 0 Å². The van der Waals surface area contributed by atoms with Crippen LogP contribution >= 0.6 is 0 Å². The Morgan fingerprint density at radius 3 is 1.21 bits per heavy atom. The molecule has 1 saturated carbocycles. The molecule has 0 aromatic rings. The standard InChI is InChI=1S/C12H24.C2H6/c1-9(2)11-7-5-6-8-12(11)10(3)4;1-2/h9-12H,5-8H2,1-4H3;1-2H3. The maximum atomic E-state index is 2.39. The summed E-state index contributed by atoms with van der Waals surface area (Å²) in [7, 11) is 0. The predicted octanol–water partition coefficient (Wildman–Crippen LogP) is 5.13. The molecule has 0 nitrogen and oxygen atoms in total. The zero-order valence-corrected chi connectivity index (χ0v) is 11.1. The van der Waals surface area contributed by atoms with E-state index in [0.29, 0.717) is 0 Å². The van der Waals surface area contributed by atoms with E-state index in [1.165, 1.54) is 25.7 Å². The summed E-state index contributed by atoms with van der Waals surface area (Å²) in [6.07, 6.45) is 5.93. The van der Waals surface area contributed by atoms with Crippen LogP contribution < -0.4 is 0 Å². The van der Waals surface area contributed by atoms with E-state index in [2.05, 4.69) is 27.7 Å². The van der Waals surface area contributed by atoms with Gasteiger partial charge in [-0.3, -0.25) is 0 Å². The zero-order chi connectivity index (χ0) is 11.1. The fourth-order valence-corrected chi connectivity index (χ4v) is 2.84. The van der Waals surface area contributed by atoms with Crippen LogP contribution in [0, 0.1) is 23.7 Å². The van der Waals surface area contributed by atoms with Gasteiger partial charge in [-0.05, 0) is 36.5 Å². The van der Waals surface area contributed by atoms with Crippen LogP contribution in [0.5, 0.6) is 0 Å². The Labute approximate surface area is 91.5 Å². The van der Waals surface area contributed by atoms with E-state index in [0.717, 1.165) is 23.7 Å². The molecule has 1 aliphatic carbocycles. The first-order valence-electron chi connectivity index (χ1n) is 6.63. The molecule has 0 heteroatoms. The summed E-state index contributed by atoms with van der Waals surface area (Å²) < 4.78 is 0. The van der Waals surface area contributed by atoms with Crippen molar-refractivity contribution in [2.75, 3.05) is 0 Å². The van der Waals surface area contributed by atoms with Gasteiger partial charge in [0, 0.05) is 0 Å². The van der Waals surface area contributed by atoms with E-state index in [1.807, 2.05) is 13.8 Å². The van der Waals surface area contributed by atoms with Gasteiger partial charge in [-0.2, -0.15) is 0 Å². The third kappa shape index (κ3) is 4.02. The second-order valence-electron chi connectivity index (χ2n) is 5.10. The number of rotatable bonds is 2. The van der Waals surface area contributed by atoms with Gasteiger partial charge in [0.05, 0.1) is 0 Å². The highest BCUT2D eigenvalue weighted by Crippen LogP contribution is 2.38. The number of hydrogen-bond donors (Lipinski definition) is 0. The van der Waals surface area contributed by atoms with E-state index in [-0.39, 0.29) is 0 Å². The van der Waals surface area contributed by atoms with Gasteiger partial charge in [0.15, 0.2) is 0 Å². The topological polar surface area (TPSA) is 0 Å². The molecule has 86 valence electrons. The Kier molecular flexibility index (Phi) is 7.31. The lowest BCUT2D eigenvalue weighted by Gasteiger charge is -2.37. The van der Waals surface area contributed by atoms with Gasteiger partial charge in [-0.1, -0.05) is 54.4 Å². The van der Waals surface area contributed by atoms with Gasteiger partial charge in [0.2, 0.25) is 0 Å². The van der Waals surface area contributed by atoms with Crippen molar-refractivity contribution >= 4 is 0 Å². The Hall–Kier alpha value is 0. The summed E-state index contributed by atoms with van der Waals surface area (Å²) in [5.41, 5.74) is 0. The highest BCUT2D eigenvalue weighted by molar-refractivity contribution is 4.79. The van der Waals surface area contributed by atoms with Crippen molar-refractivity contribution in [3.8, 4) is 0 Å². The third-order valence-corrected chi connectivity index (χ3v) is 3.59. The molecular formula is C14H30. The normalized spacial score (nSPS) is 27.4. The average Bonchev–Trinajstić information content (AvgIpc) is 2.20. The van der Waals surface area contributed by atoms with E-state index in [4.69, 9.17) is 0 Å². The van der Waals surface area contributed by atoms with E-state index >= 15 is 0 Å². The smallest absolute Gasteiger partial charge is 0.0360 e. The van der Waals surface area contributed by atoms with Crippen LogP contribution in [0.2, 0.25) is 0 Å². The first kappa shape index (κ1) is 14.0. The second-order valence-corrected chi connectivity index (χ2v) is 5.10. The molecule has 1 fully saturated rings. The first-order chi connectivity index (χ1) is 6.63. The van der Waals surface area contributed by atoms with Crippen LogP contribution in [-0.2, 0) is 0 Å². The van der Waals surface area contributed by atoms with Crippen molar-refractivity contribution in [3.63, 3.8) is 0 Å². The van der Waals surface area contributed by atoms with E-state index in [9.17, 15) is 0 Å². The lowest BCUT2D eigenvalue weighted by Crippen LogP contribution is -2.27. The van der Waals surface area contributed by atoms with Gasteiger partial charge < -0.3 is 0 Å². The first-order valence-corrected chi connectivity index (χ1v) is 6.63. The maximum absolute atomic E-state index is 2.39. The minimum atomic E-state index is 0.901. The van der Waals surface area contributed by atoms with Crippen molar-refractivity contribution in [1.82, 2.24) is 0 Å². The van der Waals surface area contributed by atoms with Crippen molar-refractivity contribution in [1.29, 1.82) is 0 Å². The molecule has 0 heterocycles. The predicted molar refractivity (Wildman–Crippen MR) is 66.5 cm³/mol. The molecular weight excluding hydrogens is 168 g/mol. The highest BCUT2D eigenvalue weighted by atomic mass is 14.3. The Morgan fingerprint density at radius 1 is 0.714 bits per heavy atom. The summed E-state index contributed by atoms with van der Waals surface area (Å²) >= 11 is 0. The Balaban J connectivity index is 0.000000791. The van der Waals surface area contributed by atoms with Crippen molar-refractivity contribution in [2.24, 2.45) is 23.7 Å². The van der Waals surface area contributed by atoms with Crippen LogP contribution in [0.4, 0.5) is 0 Å². The Bertz CT molecular complexity index is 108. The molecule has 2 atom stereocenters. The van der Waals surface area contributed by atoms with Crippen LogP contribution in [0.3, 0.4) is 0 Å². The minimum Gasteiger partial charge on any atom is -0.0683 e. The molecule has 0 amide bonds. The van der Waals surface area contributed by atoms with Crippen molar-refractivity contribution in [2.45, 2.75) is 67.2 Å². The van der Waals surface area contributed by atoms with Gasteiger partial charge in [0.25, 0.3) is 0 Å². The third-order valence-electron chi connectivity index (χ3n) is 3.59. The minimum absolute atomic E-state index is 0.901. The molecule has 0 aromatic heterocycles. The molecule has 1 rings (SSSR count). The summed E-state index contributed by atoms with van der Waals surface area (Å²) in [6, 6.07) is 0. The van der Waals surface area contributed by atoms with E-state index < -0.39 is 0 Å². The highest BCUT2D eigenvalue weighted by Gasteiger charge is 2.29.